The summed E-state index contributed by atoms with van der Waals surface area (Å²) in [7, 11) is 0.0527. The van der Waals surface area contributed by atoms with Crippen LogP contribution in [0.2, 0.25) is 0 Å². The second-order valence-corrected chi connectivity index (χ2v) is 7.00. The summed E-state index contributed by atoms with van der Waals surface area (Å²) in [5, 5.41) is 4.02. The number of aryl methyl sites for hydroxylation is 1. The summed E-state index contributed by atoms with van der Waals surface area (Å²) in [5.41, 5.74) is 0.692. The van der Waals surface area contributed by atoms with E-state index in [-0.39, 0.29) is 6.04 Å². The zero-order valence-corrected chi connectivity index (χ0v) is 12.1. The van der Waals surface area contributed by atoms with Gasteiger partial charge < -0.3 is 0 Å². The van der Waals surface area contributed by atoms with E-state index in [2.05, 4.69) is 5.10 Å². The zero-order chi connectivity index (χ0) is 13.3. The molecule has 2 rings (SSSR count). The zero-order valence-electron chi connectivity index (χ0n) is 11.3. The Hall–Kier alpha value is -0.880. The highest BCUT2D eigenvalue weighted by atomic mass is 32.2. The minimum atomic E-state index is -3.40. The SMILES string of the molecule is Cc1c(S(=O)(=O)N(C)C2CCCCC2)cnn1C. The van der Waals surface area contributed by atoms with Crippen LogP contribution in [0.5, 0.6) is 0 Å². The van der Waals surface area contributed by atoms with Gasteiger partial charge in [0.05, 0.1) is 11.9 Å². The molecular formula is C12H21N3O2S. The predicted octanol–water partition coefficient (Wildman–Crippen LogP) is 1.68. The van der Waals surface area contributed by atoms with E-state index in [1.807, 2.05) is 0 Å². The highest BCUT2D eigenvalue weighted by Gasteiger charge is 2.31. The lowest BCUT2D eigenvalue weighted by molar-refractivity contribution is 0.285. The van der Waals surface area contributed by atoms with E-state index < -0.39 is 10.0 Å². The molecule has 1 saturated carbocycles. The van der Waals surface area contributed by atoms with E-state index >= 15 is 0 Å². The Balaban J connectivity index is 2.27. The fourth-order valence-electron chi connectivity index (χ4n) is 2.53. The lowest BCUT2D eigenvalue weighted by Gasteiger charge is -2.30. The summed E-state index contributed by atoms with van der Waals surface area (Å²) < 4.78 is 28.2. The van der Waals surface area contributed by atoms with Crippen LogP contribution in [0.1, 0.15) is 37.8 Å². The minimum absolute atomic E-state index is 0.142. The van der Waals surface area contributed by atoms with Crippen molar-refractivity contribution in [2.24, 2.45) is 7.05 Å². The largest absolute Gasteiger partial charge is 0.272 e. The molecule has 1 aliphatic rings. The van der Waals surface area contributed by atoms with Crippen molar-refractivity contribution in [3.63, 3.8) is 0 Å². The second kappa shape index (κ2) is 5.01. The van der Waals surface area contributed by atoms with Crippen molar-refractivity contribution in [2.75, 3.05) is 7.05 Å². The van der Waals surface area contributed by atoms with Crippen molar-refractivity contribution in [1.29, 1.82) is 0 Å². The topological polar surface area (TPSA) is 55.2 Å². The first-order valence-electron chi connectivity index (χ1n) is 6.41. The Kier molecular flexibility index (Phi) is 3.77. The number of rotatable bonds is 3. The summed E-state index contributed by atoms with van der Waals surface area (Å²) in [6.45, 7) is 1.79. The maximum Gasteiger partial charge on any atom is 0.246 e. The summed E-state index contributed by atoms with van der Waals surface area (Å²) in [4.78, 5) is 0.332. The van der Waals surface area contributed by atoms with Crippen molar-refractivity contribution in [3.8, 4) is 0 Å². The molecular weight excluding hydrogens is 250 g/mol. The van der Waals surface area contributed by atoms with Crippen LogP contribution in [0.25, 0.3) is 0 Å². The van der Waals surface area contributed by atoms with Gasteiger partial charge in [-0.05, 0) is 19.8 Å². The van der Waals surface area contributed by atoms with Gasteiger partial charge in [0, 0.05) is 20.1 Å². The van der Waals surface area contributed by atoms with E-state index in [1.54, 1.807) is 25.7 Å². The van der Waals surface area contributed by atoms with Crippen LogP contribution in [-0.4, -0.2) is 35.6 Å². The van der Waals surface area contributed by atoms with Gasteiger partial charge >= 0.3 is 0 Å². The first-order chi connectivity index (χ1) is 8.44. The van der Waals surface area contributed by atoms with Crippen molar-refractivity contribution < 1.29 is 8.42 Å². The summed E-state index contributed by atoms with van der Waals surface area (Å²) in [6.07, 6.45) is 6.84. The van der Waals surface area contributed by atoms with Crippen LogP contribution in [-0.2, 0) is 17.1 Å². The number of hydrogen-bond donors (Lipinski definition) is 0. The molecule has 1 fully saturated rings. The Morgan fingerprint density at radius 3 is 2.44 bits per heavy atom. The number of hydrogen-bond acceptors (Lipinski definition) is 3. The molecule has 0 unspecified atom stereocenters. The number of aromatic nitrogens is 2. The summed E-state index contributed by atoms with van der Waals surface area (Å²) >= 11 is 0. The van der Waals surface area contributed by atoms with E-state index in [4.69, 9.17) is 0 Å². The Labute approximate surface area is 109 Å². The van der Waals surface area contributed by atoms with Crippen molar-refractivity contribution >= 4 is 10.0 Å². The van der Waals surface area contributed by atoms with Crippen LogP contribution in [0.4, 0.5) is 0 Å². The van der Waals surface area contributed by atoms with Crippen LogP contribution in [0, 0.1) is 6.92 Å². The molecule has 0 aromatic carbocycles. The fourth-order valence-corrected chi connectivity index (χ4v) is 4.13. The minimum Gasteiger partial charge on any atom is -0.272 e. The van der Waals surface area contributed by atoms with Crippen molar-refractivity contribution in [1.82, 2.24) is 14.1 Å². The average molecular weight is 271 g/mol. The van der Waals surface area contributed by atoms with Crippen LogP contribution in [0.3, 0.4) is 0 Å². The van der Waals surface area contributed by atoms with Crippen LogP contribution < -0.4 is 0 Å². The normalized spacial score (nSPS) is 18.4. The molecule has 102 valence electrons. The molecule has 0 N–H and O–H groups in total. The van der Waals surface area contributed by atoms with Gasteiger partial charge in [0.2, 0.25) is 10.0 Å². The molecule has 6 heteroatoms. The molecule has 18 heavy (non-hydrogen) atoms. The maximum atomic E-state index is 12.5. The molecule has 5 nitrogen and oxygen atoms in total. The van der Waals surface area contributed by atoms with E-state index in [1.165, 1.54) is 16.9 Å². The third kappa shape index (κ3) is 2.31. The van der Waals surface area contributed by atoms with E-state index in [9.17, 15) is 8.42 Å². The van der Waals surface area contributed by atoms with Crippen LogP contribution >= 0.6 is 0 Å². The fraction of sp³-hybridized carbons (Fsp3) is 0.750. The molecule has 1 heterocycles. The van der Waals surface area contributed by atoms with Crippen molar-refractivity contribution in [2.45, 2.75) is 50.0 Å². The van der Waals surface area contributed by atoms with Gasteiger partial charge in [-0.25, -0.2) is 8.42 Å². The van der Waals surface area contributed by atoms with Gasteiger partial charge in [0.15, 0.2) is 0 Å². The molecule has 0 saturated heterocycles. The Morgan fingerprint density at radius 1 is 1.33 bits per heavy atom. The number of sulfonamides is 1. The van der Waals surface area contributed by atoms with Gasteiger partial charge in [-0.3, -0.25) is 4.68 Å². The van der Waals surface area contributed by atoms with Gasteiger partial charge in [-0.2, -0.15) is 9.40 Å². The maximum absolute atomic E-state index is 12.5. The molecule has 0 bridgehead atoms. The lowest BCUT2D eigenvalue weighted by Crippen LogP contribution is -2.38. The third-order valence-electron chi connectivity index (χ3n) is 3.94. The van der Waals surface area contributed by atoms with Gasteiger partial charge in [0.1, 0.15) is 4.90 Å². The van der Waals surface area contributed by atoms with Crippen molar-refractivity contribution in [3.05, 3.63) is 11.9 Å². The smallest absolute Gasteiger partial charge is 0.246 e. The highest BCUT2D eigenvalue weighted by Crippen LogP contribution is 2.27. The molecule has 1 aliphatic carbocycles. The first kappa shape index (κ1) is 13.5. The van der Waals surface area contributed by atoms with E-state index in [0.717, 1.165) is 25.7 Å². The Morgan fingerprint density at radius 2 is 1.94 bits per heavy atom. The van der Waals surface area contributed by atoms with Gasteiger partial charge in [0.25, 0.3) is 0 Å². The third-order valence-corrected chi connectivity index (χ3v) is 5.95. The van der Waals surface area contributed by atoms with Gasteiger partial charge in [-0.1, -0.05) is 19.3 Å². The molecule has 0 aliphatic heterocycles. The lowest BCUT2D eigenvalue weighted by atomic mass is 9.96. The number of nitrogens with zero attached hydrogens (tertiary/aromatic N) is 3. The molecule has 0 spiro atoms. The molecule has 0 radical (unpaired) electrons. The first-order valence-corrected chi connectivity index (χ1v) is 7.85. The monoisotopic (exact) mass is 271 g/mol. The molecule has 0 amide bonds. The predicted molar refractivity (Wildman–Crippen MR) is 69.8 cm³/mol. The standard InChI is InChI=1S/C12H21N3O2S/c1-10-12(9-13-14(10)2)18(16,17)15(3)11-7-5-4-6-8-11/h9,11H,4-8H2,1-3H3. The molecule has 0 atom stereocenters. The average Bonchev–Trinajstić information content (AvgIpc) is 2.70. The summed E-state index contributed by atoms with van der Waals surface area (Å²) in [6, 6.07) is 0.142. The highest BCUT2D eigenvalue weighted by molar-refractivity contribution is 7.89. The van der Waals surface area contributed by atoms with Gasteiger partial charge in [-0.15, -0.1) is 0 Å². The quantitative estimate of drug-likeness (QED) is 0.840. The molecule has 1 aromatic heterocycles. The Bertz CT molecular complexity index is 515. The molecule has 1 aromatic rings. The van der Waals surface area contributed by atoms with Crippen LogP contribution in [0.15, 0.2) is 11.1 Å². The van der Waals surface area contributed by atoms with E-state index in [0.29, 0.717) is 10.6 Å². The summed E-state index contributed by atoms with van der Waals surface area (Å²) in [5.74, 6) is 0. The second-order valence-electron chi connectivity index (χ2n) is 5.03.